The molecule has 1 amide bonds. The number of hydrogen-bond acceptors (Lipinski definition) is 6. The van der Waals surface area contributed by atoms with Crippen LogP contribution in [0.4, 0.5) is 5.82 Å². The van der Waals surface area contributed by atoms with E-state index in [0.717, 1.165) is 12.1 Å². The van der Waals surface area contributed by atoms with E-state index in [9.17, 15) is 4.79 Å². The van der Waals surface area contributed by atoms with Crippen LogP contribution in [-0.2, 0) is 11.8 Å². The van der Waals surface area contributed by atoms with Crippen molar-refractivity contribution in [3.8, 4) is 6.07 Å². The Bertz CT molecular complexity index is 777. The van der Waals surface area contributed by atoms with Crippen LogP contribution in [0.25, 0.3) is 0 Å². The molecular formula is C17H21N7O. The van der Waals surface area contributed by atoms with Crippen LogP contribution < -0.4 is 5.32 Å². The van der Waals surface area contributed by atoms with Crippen molar-refractivity contribution in [2.75, 3.05) is 18.4 Å². The number of imidazole rings is 1. The molecule has 8 heteroatoms. The number of nitrogens with one attached hydrogen (secondary N) is 1. The molecule has 2 aromatic heterocycles. The first kappa shape index (κ1) is 16.9. The van der Waals surface area contributed by atoms with Gasteiger partial charge in [0.2, 0.25) is 5.91 Å². The summed E-state index contributed by atoms with van der Waals surface area (Å²) in [6, 6.07) is 5.31. The van der Waals surface area contributed by atoms with Crippen LogP contribution in [0.3, 0.4) is 0 Å². The van der Waals surface area contributed by atoms with E-state index in [1.807, 2.05) is 35.7 Å². The molecule has 3 rings (SSSR count). The summed E-state index contributed by atoms with van der Waals surface area (Å²) in [6.45, 7) is 3.24. The fourth-order valence-corrected chi connectivity index (χ4v) is 3.11. The maximum atomic E-state index is 12.3. The van der Waals surface area contributed by atoms with Crippen LogP contribution in [0.15, 0.2) is 24.7 Å². The number of carbonyl (C=O) groups excluding carboxylic acids is 1. The van der Waals surface area contributed by atoms with Crippen LogP contribution in [0.1, 0.15) is 37.1 Å². The molecule has 0 radical (unpaired) electrons. The first-order chi connectivity index (χ1) is 12.1. The van der Waals surface area contributed by atoms with Crippen molar-refractivity contribution >= 4 is 11.7 Å². The molecule has 1 saturated heterocycles. The zero-order valence-corrected chi connectivity index (χ0v) is 14.4. The Morgan fingerprint density at radius 1 is 1.40 bits per heavy atom. The van der Waals surface area contributed by atoms with Gasteiger partial charge in [-0.2, -0.15) is 5.26 Å². The molecule has 8 nitrogen and oxygen atoms in total. The van der Waals surface area contributed by atoms with Crippen LogP contribution in [0, 0.1) is 11.3 Å². The van der Waals surface area contributed by atoms with Gasteiger partial charge in [0.15, 0.2) is 5.69 Å². The molecule has 2 atom stereocenters. The summed E-state index contributed by atoms with van der Waals surface area (Å²) >= 11 is 0. The van der Waals surface area contributed by atoms with Gasteiger partial charge in [0, 0.05) is 38.7 Å². The molecule has 25 heavy (non-hydrogen) atoms. The topological polar surface area (TPSA) is 99.7 Å². The minimum absolute atomic E-state index is 0.00191. The molecule has 1 aliphatic heterocycles. The Balaban J connectivity index is 1.79. The largest absolute Gasteiger partial charge is 0.363 e. The standard InChI is InChI=1S/C17H21N7O/c1-3-4-17(25)24-8-13(14-9-23(2)11-19-14)15(10-24)20-16-6-5-12(7-18)21-22-16/h5-6,9,11,13,15H,3-4,8,10H2,1-2H3,(H,20,22)/t13-,15+/m0/s1. The van der Waals surface area contributed by atoms with E-state index in [4.69, 9.17) is 5.26 Å². The summed E-state index contributed by atoms with van der Waals surface area (Å²) in [7, 11) is 1.93. The van der Waals surface area contributed by atoms with Crippen molar-refractivity contribution in [3.05, 3.63) is 36.0 Å². The number of amides is 1. The number of carbonyl (C=O) groups is 1. The Labute approximate surface area is 146 Å². The van der Waals surface area contributed by atoms with Crippen molar-refractivity contribution in [2.45, 2.75) is 31.7 Å². The lowest BCUT2D eigenvalue weighted by atomic mass is 10.0. The lowest BCUT2D eigenvalue weighted by molar-refractivity contribution is -0.130. The Morgan fingerprint density at radius 2 is 2.24 bits per heavy atom. The fourth-order valence-electron chi connectivity index (χ4n) is 3.11. The highest BCUT2D eigenvalue weighted by atomic mass is 16.2. The minimum atomic E-state index is -0.00191. The van der Waals surface area contributed by atoms with E-state index in [1.54, 1.807) is 18.5 Å². The van der Waals surface area contributed by atoms with Gasteiger partial charge in [0.05, 0.1) is 18.1 Å². The maximum Gasteiger partial charge on any atom is 0.222 e. The molecular weight excluding hydrogens is 318 g/mol. The number of anilines is 1. The minimum Gasteiger partial charge on any atom is -0.363 e. The third kappa shape index (κ3) is 3.76. The third-order valence-electron chi connectivity index (χ3n) is 4.35. The molecule has 0 saturated carbocycles. The molecule has 3 heterocycles. The van der Waals surface area contributed by atoms with Crippen molar-refractivity contribution in [1.29, 1.82) is 5.26 Å². The van der Waals surface area contributed by atoms with Gasteiger partial charge in [0.1, 0.15) is 11.9 Å². The average Bonchev–Trinajstić information content (AvgIpc) is 3.22. The van der Waals surface area contributed by atoms with Crippen LogP contribution in [0.2, 0.25) is 0 Å². The molecule has 0 spiro atoms. The van der Waals surface area contributed by atoms with Crippen molar-refractivity contribution in [1.82, 2.24) is 24.6 Å². The first-order valence-corrected chi connectivity index (χ1v) is 8.36. The summed E-state index contributed by atoms with van der Waals surface area (Å²) in [5.74, 6) is 0.841. The molecule has 1 N–H and O–H groups in total. The lowest BCUT2D eigenvalue weighted by Crippen LogP contribution is -2.31. The number of rotatable bonds is 5. The Morgan fingerprint density at radius 3 is 2.84 bits per heavy atom. The monoisotopic (exact) mass is 339 g/mol. The van der Waals surface area contributed by atoms with Crippen molar-refractivity contribution < 1.29 is 4.79 Å². The van der Waals surface area contributed by atoms with E-state index in [-0.39, 0.29) is 23.6 Å². The van der Waals surface area contributed by atoms with Gasteiger partial charge in [-0.3, -0.25) is 4.79 Å². The zero-order chi connectivity index (χ0) is 17.8. The van der Waals surface area contributed by atoms with Crippen LogP contribution in [0.5, 0.6) is 0 Å². The summed E-state index contributed by atoms with van der Waals surface area (Å²) < 4.78 is 1.91. The second kappa shape index (κ2) is 7.30. The quantitative estimate of drug-likeness (QED) is 0.881. The summed E-state index contributed by atoms with van der Waals surface area (Å²) in [5, 5.41) is 20.1. The van der Waals surface area contributed by atoms with Crippen LogP contribution in [-0.4, -0.2) is 49.7 Å². The van der Waals surface area contributed by atoms with Gasteiger partial charge in [-0.25, -0.2) is 4.98 Å². The molecule has 0 unspecified atom stereocenters. The average molecular weight is 339 g/mol. The number of likely N-dealkylation sites (tertiary alicyclic amines) is 1. The predicted octanol–water partition coefficient (Wildman–Crippen LogP) is 1.29. The smallest absolute Gasteiger partial charge is 0.222 e. The van der Waals surface area contributed by atoms with Gasteiger partial charge in [-0.05, 0) is 18.6 Å². The van der Waals surface area contributed by atoms with Crippen molar-refractivity contribution in [3.63, 3.8) is 0 Å². The number of nitriles is 1. The molecule has 0 aromatic carbocycles. The number of hydrogen-bond donors (Lipinski definition) is 1. The molecule has 0 bridgehead atoms. The highest BCUT2D eigenvalue weighted by Crippen LogP contribution is 2.29. The van der Waals surface area contributed by atoms with Gasteiger partial charge in [-0.1, -0.05) is 6.92 Å². The van der Waals surface area contributed by atoms with Crippen molar-refractivity contribution in [2.24, 2.45) is 7.05 Å². The number of aryl methyl sites for hydroxylation is 1. The molecule has 1 fully saturated rings. The summed E-state index contributed by atoms with van der Waals surface area (Å²) in [5.41, 5.74) is 1.23. The van der Waals surface area contributed by atoms with Gasteiger partial charge in [-0.15, -0.1) is 10.2 Å². The first-order valence-electron chi connectivity index (χ1n) is 8.36. The predicted molar refractivity (Wildman–Crippen MR) is 91.6 cm³/mol. The van der Waals surface area contributed by atoms with Crippen LogP contribution >= 0.6 is 0 Å². The molecule has 130 valence electrons. The lowest BCUT2D eigenvalue weighted by Gasteiger charge is -2.18. The number of aromatic nitrogens is 4. The van der Waals surface area contributed by atoms with Gasteiger partial charge in [0.25, 0.3) is 0 Å². The molecule has 2 aromatic rings. The number of nitrogens with zero attached hydrogens (tertiary/aromatic N) is 6. The summed E-state index contributed by atoms with van der Waals surface area (Å²) in [6.07, 6.45) is 5.14. The SMILES string of the molecule is CCCC(=O)N1C[C@@H](Nc2ccc(C#N)nn2)[C@H](c2cn(C)cn2)C1. The van der Waals surface area contributed by atoms with Gasteiger partial charge >= 0.3 is 0 Å². The highest BCUT2D eigenvalue weighted by Gasteiger charge is 2.37. The van der Waals surface area contributed by atoms with E-state index in [0.29, 0.717) is 25.3 Å². The Kier molecular flexibility index (Phi) is 4.93. The van der Waals surface area contributed by atoms with E-state index < -0.39 is 0 Å². The highest BCUT2D eigenvalue weighted by molar-refractivity contribution is 5.76. The van der Waals surface area contributed by atoms with E-state index in [1.165, 1.54) is 0 Å². The van der Waals surface area contributed by atoms with E-state index >= 15 is 0 Å². The zero-order valence-electron chi connectivity index (χ0n) is 14.4. The normalized spacial score (nSPS) is 19.6. The Hall–Kier alpha value is -2.95. The van der Waals surface area contributed by atoms with E-state index in [2.05, 4.69) is 20.5 Å². The molecule has 1 aliphatic rings. The summed E-state index contributed by atoms with van der Waals surface area (Å²) in [4.78, 5) is 18.7. The second-order valence-corrected chi connectivity index (χ2v) is 6.29. The molecule has 0 aliphatic carbocycles. The fraction of sp³-hybridized carbons (Fsp3) is 0.471. The third-order valence-corrected chi connectivity index (χ3v) is 4.35. The van der Waals surface area contributed by atoms with Gasteiger partial charge < -0.3 is 14.8 Å². The maximum absolute atomic E-state index is 12.3. The second-order valence-electron chi connectivity index (χ2n) is 6.29.